The zero-order chi connectivity index (χ0) is 22.9. The number of hydrogen-bond donors (Lipinski definition) is 2. The van der Waals surface area contributed by atoms with Gasteiger partial charge in [-0.1, -0.05) is 13.8 Å². The van der Waals surface area contributed by atoms with Crippen LogP contribution in [0.3, 0.4) is 0 Å². The smallest absolute Gasteiger partial charge is 0.408 e. The van der Waals surface area contributed by atoms with Crippen LogP contribution in [0, 0.1) is 5.92 Å². The third-order valence-corrected chi connectivity index (χ3v) is 4.71. The number of carbonyl (C=O) groups excluding carboxylic acids is 4. The molecule has 0 radical (unpaired) electrons. The zero-order valence-corrected chi connectivity index (χ0v) is 19.1. The highest BCUT2D eigenvalue weighted by Gasteiger charge is 2.38. The molecule has 1 heterocycles. The first-order valence-corrected chi connectivity index (χ1v) is 10.6. The molecule has 0 spiro atoms. The average Bonchev–Trinajstić information content (AvgIpc) is 3.12. The Hall–Kier alpha value is -2.32. The molecule has 0 aliphatic carbocycles. The minimum atomic E-state index is -0.983. The largest absolute Gasteiger partial charge is 0.469 e. The maximum absolute atomic E-state index is 13.2. The molecule has 1 aliphatic heterocycles. The van der Waals surface area contributed by atoms with Gasteiger partial charge in [-0.2, -0.15) is 0 Å². The number of hydrogen-bond acceptors (Lipinski definition) is 6. The van der Waals surface area contributed by atoms with Crippen LogP contribution in [0.15, 0.2) is 0 Å². The number of likely N-dealkylation sites (tertiary alicyclic amines) is 1. The van der Waals surface area contributed by atoms with Crippen molar-refractivity contribution in [1.82, 2.24) is 15.5 Å². The van der Waals surface area contributed by atoms with Crippen molar-refractivity contribution in [3.05, 3.63) is 0 Å². The highest BCUT2D eigenvalue weighted by Crippen LogP contribution is 2.20. The minimum absolute atomic E-state index is 0.0399. The molecule has 0 saturated carbocycles. The molecule has 1 fully saturated rings. The van der Waals surface area contributed by atoms with E-state index in [2.05, 4.69) is 29.2 Å². The zero-order valence-electron chi connectivity index (χ0n) is 19.1. The molecule has 9 heteroatoms. The predicted octanol–water partition coefficient (Wildman–Crippen LogP) is 1.99. The van der Waals surface area contributed by atoms with Crippen LogP contribution in [0.1, 0.15) is 66.7 Å². The summed E-state index contributed by atoms with van der Waals surface area (Å²) in [6.45, 7) is 10.3. The number of nitrogens with one attached hydrogen (secondary N) is 2. The summed E-state index contributed by atoms with van der Waals surface area (Å²) in [6, 6.07) is -1.56. The van der Waals surface area contributed by atoms with Crippen molar-refractivity contribution in [2.75, 3.05) is 20.2 Å². The van der Waals surface area contributed by atoms with Gasteiger partial charge in [0, 0.05) is 19.5 Å². The molecule has 30 heavy (non-hydrogen) atoms. The van der Waals surface area contributed by atoms with Crippen molar-refractivity contribution in [2.45, 2.75) is 84.4 Å². The monoisotopic (exact) mass is 427 g/mol. The Bertz CT molecular complexity index is 614. The van der Waals surface area contributed by atoms with Crippen molar-refractivity contribution >= 4 is 23.9 Å². The molecule has 0 aromatic heterocycles. The molecule has 1 saturated heterocycles. The van der Waals surface area contributed by atoms with Crippen LogP contribution < -0.4 is 10.6 Å². The van der Waals surface area contributed by atoms with Gasteiger partial charge in [-0.3, -0.25) is 14.4 Å². The fourth-order valence-corrected chi connectivity index (χ4v) is 3.18. The number of esters is 1. The summed E-state index contributed by atoms with van der Waals surface area (Å²) in [6.07, 6.45) is 1.39. The summed E-state index contributed by atoms with van der Waals surface area (Å²) in [4.78, 5) is 51.0. The number of alkyl carbamates (subject to hydrolysis) is 1. The Balaban J connectivity index is 2.84. The third kappa shape index (κ3) is 9.00. The maximum atomic E-state index is 13.2. The summed E-state index contributed by atoms with van der Waals surface area (Å²) in [5.41, 5.74) is -0.730. The molecule has 0 aromatic rings. The Morgan fingerprint density at radius 1 is 1.13 bits per heavy atom. The van der Waals surface area contributed by atoms with E-state index >= 15 is 0 Å². The van der Waals surface area contributed by atoms with Gasteiger partial charge in [-0.25, -0.2) is 4.79 Å². The average molecular weight is 428 g/mol. The van der Waals surface area contributed by atoms with Crippen molar-refractivity contribution in [2.24, 2.45) is 5.92 Å². The normalized spacial score (nSPS) is 17.4. The topological polar surface area (TPSA) is 114 Å². The number of rotatable bonds is 9. The van der Waals surface area contributed by atoms with E-state index in [0.717, 1.165) is 6.42 Å². The van der Waals surface area contributed by atoms with Gasteiger partial charge in [0.05, 0.1) is 7.11 Å². The molecule has 1 unspecified atom stereocenters. The minimum Gasteiger partial charge on any atom is -0.469 e. The molecule has 0 aromatic carbocycles. The summed E-state index contributed by atoms with van der Waals surface area (Å²) < 4.78 is 9.89. The SMILES string of the molecule is COC(=O)CC[C@H](NC(=O)OC(C)(C)C)C(=O)N1CCCC1C(=O)NCCC(C)C. The van der Waals surface area contributed by atoms with E-state index in [1.807, 2.05) is 0 Å². The fraction of sp³-hybridized carbons (Fsp3) is 0.810. The van der Waals surface area contributed by atoms with Gasteiger partial charge < -0.3 is 25.0 Å². The highest BCUT2D eigenvalue weighted by molar-refractivity contribution is 5.92. The van der Waals surface area contributed by atoms with Crippen LogP contribution in [0.2, 0.25) is 0 Å². The lowest BCUT2D eigenvalue weighted by molar-refractivity contribution is -0.142. The van der Waals surface area contributed by atoms with Crippen molar-refractivity contribution < 1.29 is 28.7 Å². The molecule has 2 N–H and O–H groups in total. The first-order chi connectivity index (χ1) is 13.9. The van der Waals surface area contributed by atoms with Crippen LogP contribution in [0.5, 0.6) is 0 Å². The van der Waals surface area contributed by atoms with Crippen LogP contribution in [-0.4, -0.2) is 66.7 Å². The molecule has 3 amide bonds. The highest BCUT2D eigenvalue weighted by atomic mass is 16.6. The molecule has 1 rings (SSSR count). The first kappa shape index (κ1) is 25.7. The number of carbonyl (C=O) groups is 4. The molecular formula is C21H37N3O6. The van der Waals surface area contributed by atoms with Crippen LogP contribution >= 0.6 is 0 Å². The van der Waals surface area contributed by atoms with E-state index < -0.39 is 35.7 Å². The predicted molar refractivity (Wildman–Crippen MR) is 112 cm³/mol. The van der Waals surface area contributed by atoms with E-state index in [4.69, 9.17) is 4.74 Å². The fourth-order valence-electron chi connectivity index (χ4n) is 3.18. The Labute approximate surface area is 179 Å². The van der Waals surface area contributed by atoms with Crippen molar-refractivity contribution in [1.29, 1.82) is 0 Å². The molecule has 9 nitrogen and oxygen atoms in total. The van der Waals surface area contributed by atoms with Gasteiger partial charge in [0.2, 0.25) is 11.8 Å². The van der Waals surface area contributed by atoms with E-state index in [1.165, 1.54) is 12.0 Å². The van der Waals surface area contributed by atoms with Gasteiger partial charge in [0.25, 0.3) is 0 Å². The Kier molecular flexibility index (Phi) is 10.1. The van der Waals surface area contributed by atoms with E-state index in [0.29, 0.717) is 31.8 Å². The van der Waals surface area contributed by atoms with E-state index in [1.54, 1.807) is 20.8 Å². The number of amides is 3. The number of methoxy groups -OCH3 is 1. The Morgan fingerprint density at radius 3 is 2.37 bits per heavy atom. The lowest BCUT2D eigenvalue weighted by Crippen LogP contribution is -2.54. The summed E-state index contributed by atoms with van der Waals surface area (Å²) in [5, 5.41) is 5.45. The van der Waals surface area contributed by atoms with Gasteiger partial charge >= 0.3 is 12.1 Å². The number of nitrogens with zero attached hydrogens (tertiary/aromatic N) is 1. The van der Waals surface area contributed by atoms with E-state index in [-0.39, 0.29) is 18.7 Å². The van der Waals surface area contributed by atoms with Gasteiger partial charge in [0.1, 0.15) is 17.7 Å². The maximum Gasteiger partial charge on any atom is 0.408 e. The van der Waals surface area contributed by atoms with Gasteiger partial charge in [0.15, 0.2) is 0 Å². The van der Waals surface area contributed by atoms with Crippen molar-refractivity contribution in [3.63, 3.8) is 0 Å². The molecule has 0 bridgehead atoms. The van der Waals surface area contributed by atoms with Crippen molar-refractivity contribution in [3.8, 4) is 0 Å². The number of ether oxygens (including phenoxy) is 2. The quantitative estimate of drug-likeness (QED) is 0.544. The summed E-state index contributed by atoms with van der Waals surface area (Å²) >= 11 is 0. The van der Waals surface area contributed by atoms with Gasteiger partial charge in [-0.05, 0) is 52.4 Å². The molecule has 172 valence electrons. The standard InChI is InChI=1S/C21H37N3O6/c1-14(2)11-12-22-18(26)16-8-7-13-24(16)19(27)15(9-10-17(25)29-6)23-20(28)30-21(3,4)5/h14-16H,7-13H2,1-6H3,(H,22,26)(H,23,28)/t15-,16?/m0/s1. The third-order valence-electron chi connectivity index (χ3n) is 4.71. The van der Waals surface area contributed by atoms with Crippen LogP contribution in [0.25, 0.3) is 0 Å². The molecule has 2 atom stereocenters. The van der Waals surface area contributed by atoms with Crippen LogP contribution in [-0.2, 0) is 23.9 Å². The lowest BCUT2D eigenvalue weighted by Gasteiger charge is -2.29. The van der Waals surface area contributed by atoms with Gasteiger partial charge in [-0.15, -0.1) is 0 Å². The Morgan fingerprint density at radius 2 is 1.80 bits per heavy atom. The first-order valence-electron chi connectivity index (χ1n) is 10.6. The summed E-state index contributed by atoms with van der Waals surface area (Å²) in [5.74, 6) is -0.604. The second-order valence-corrected chi connectivity index (χ2v) is 8.98. The molecular weight excluding hydrogens is 390 g/mol. The second-order valence-electron chi connectivity index (χ2n) is 8.98. The second kappa shape index (κ2) is 11.8. The summed E-state index contributed by atoms with van der Waals surface area (Å²) in [7, 11) is 1.26. The van der Waals surface area contributed by atoms with Crippen LogP contribution in [0.4, 0.5) is 4.79 Å². The van der Waals surface area contributed by atoms with E-state index in [9.17, 15) is 19.2 Å². The molecule has 1 aliphatic rings. The lowest BCUT2D eigenvalue weighted by atomic mass is 10.1.